The molecule has 0 aliphatic carbocycles. The number of hydrogen-bond acceptors (Lipinski definition) is 3. The molecule has 0 aliphatic rings. The molecule has 96 valence electrons. The SMILES string of the molecule is CCCCNS(=O)(=O)c1ccc(NCC)cc1. The molecule has 0 radical (unpaired) electrons. The van der Waals surface area contributed by atoms with Gasteiger partial charge in [-0.25, -0.2) is 13.1 Å². The van der Waals surface area contributed by atoms with Gasteiger partial charge in [-0.2, -0.15) is 0 Å². The fourth-order valence-corrected chi connectivity index (χ4v) is 2.50. The zero-order valence-corrected chi connectivity index (χ0v) is 11.2. The number of hydrogen-bond donors (Lipinski definition) is 2. The number of anilines is 1. The molecule has 0 spiro atoms. The second kappa shape index (κ2) is 6.61. The second-order valence-corrected chi connectivity index (χ2v) is 5.57. The highest BCUT2D eigenvalue weighted by molar-refractivity contribution is 7.89. The van der Waals surface area contributed by atoms with Crippen molar-refractivity contribution in [2.45, 2.75) is 31.6 Å². The van der Waals surface area contributed by atoms with Crippen LogP contribution in [0.15, 0.2) is 29.2 Å². The van der Waals surface area contributed by atoms with Crippen LogP contribution in [0.4, 0.5) is 5.69 Å². The molecular formula is C12H20N2O2S. The Morgan fingerprint density at radius 3 is 2.29 bits per heavy atom. The third-order valence-corrected chi connectivity index (χ3v) is 3.84. The van der Waals surface area contributed by atoms with Crippen molar-refractivity contribution in [1.29, 1.82) is 0 Å². The predicted molar refractivity (Wildman–Crippen MR) is 70.7 cm³/mol. The van der Waals surface area contributed by atoms with Gasteiger partial charge in [0.15, 0.2) is 0 Å². The van der Waals surface area contributed by atoms with Crippen molar-refractivity contribution in [3.63, 3.8) is 0 Å². The fraction of sp³-hybridized carbons (Fsp3) is 0.500. The standard InChI is InChI=1S/C12H20N2O2S/c1-3-5-10-14-17(15,16)12-8-6-11(7-9-12)13-4-2/h6-9,13-14H,3-5,10H2,1-2H3. The summed E-state index contributed by atoms with van der Waals surface area (Å²) in [6.45, 7) is 5.34. The molecule has 1 aromatic carbocycles. The third kappa shape index (κ3) is 4.36. The highest BCUT2D eigenvalue weighted by atomic mass is 32.2. The van der Waals surface area contributed by atoms with Crippen molar-refractivity contribution in [2.24, 2.45) is 0 Å². The van der Waals surface area contributed by atoms with Crippen molar-refractivity contribution in [3.8, 4) is 0 Å². The van der Waals surface area contributed by atoms with E-state index in [0.29, 0.717) is 11.4 Å². The van der Waals surface area contributed by atoms with Crippen LogP contribution in [-0.2, 0) is 10.0 Å². The Morgan fingerprint density at radius 1 is 1.12 bits per heavy atom. The summed E-state index contributed by atoms with van der Waals surface area (Å²) in [6.07, 6.45) is 1.83. The van der Waals surface area contributed by atoms with Gasteiger partial charge in [0.1, 0.15) is 0 Å². The van der Waals surface area contributed by atoms with Crippen LogP contribution in [0.25, 0.3) is 0 Å². The average molecular weight is 256 g/mol. The van der Waals surface area contributed by atoms with Crippen molar-refractivity contribution in [1.82, 2.24) is 4.72 Å². The van der Waals surface area contributed by atoms with Gasteiger partial charge in [0.05, 0.1) is 4.90 Å². The van der Waals surface area contributed by atoms with Crippen LogP contribution in [0.1, 0.15) is 26.7 Å². The maximum atomic E-state index is 11.8. The summed E-state index contributed by atoms with van der Waals surface area (Å²) in [4.78, 5) is 0.315. The molecule has 0 saturated heterocycles. The molecule has 0 unspecified atom stereocenters. The maximum Gasteiger partial charge on any atom is 0.240 e. The molecule has 2 N–H and O–H groups in total. The number of sulfonamides is 1. The Kier molecular flexibility index (Phi) is 5.44. The van der Waals surface area contributed by atoms with Crippen LogP contribution in [0, 0.1) is 0 Å². The number of unbranched alkanes of at least 4 members (excludes halogenated alkanes) is 1. The molecule has 1 aromatic rings. The Hall–Kier alpha value is -1.07. The zero-order chi connectivity index (χ0) is 12.7. The van der Waals surface area contributed by atoms with Crippen LogP contribution in [-0.4, -0.2) is 21.5 Å². The summed E-state index contributed by atoms with van der Waals surface area (Å²) in [6, 6.07) is 6.79. The zero-order valence-electron chi connectivity index (χ0n) is 10.4. The minimum Gasteiger partial charge on any atom is -0.385 e. The summed E-state index contributed by atoms with van der Waals surface area (Å²) in [5.41, 5.74) is 0.931. The lowest BCUT2D eigenvalue weighted by atomic mass is 10.3. The molecule has 4 nitrogen and oxygen atoms in total. The second-order valence-electron chi connectivity index (χ2n) is 3.81. The van der Waals surface area contributed by atoms with E-state index in [1.807, 2.05) is 13.8 Å². The Labute approximate surface area is 103 Å². The van der Waals surface area contributed by atoms with Gasteiger partial charge < -0.3 is 5.32 Å². The summed E-state index contributed by atoms with van der Waals surface area (Å²) >= 11 is 0. The smallest absolute Gasteiger partial charge is 0.240 e. The van der Waals surface area contributed by atoms with E-state index >= 15 is 0 Å². The summed E-state index contributed by atoms with van der Waals surface area (Å²) in [5, 5.41) is 3.12. The molecule has 0 aliphatic heterocycles. The van der Waals surface area contributed by atoms with E-state index in [0.717, 1.165) is 25.1 Å². The lowest BCUT2D eigenvalue weighted by molar-refractivity contribution is 0.578. The molecule has 0 atom stereocenters. The Morgan fingerprint density at radius 2 is 1.76 bits per heavy atom. The van der Waals surface area contributed by atoms with Gasteiger partial charge in [-0.1, -0.05) is 13.3 Å². The van der Waals surface area contributed by atoms with E-state index in [1.165, 1.54) is 0 Å². The third-order valence-electron chi connectivity index (χ3n) is 2.37. The van der Waals surface area contributed by atoms with Gasteiger partial charge >= 0.3 is 0 Å². The van der Waals surface area contributed by atoms with Crippen molar-refractivity contribution >= 4 is 15.7 Å². The minimum absolute atomic E-state index is 0.315. The minimum atomic E-state index is -3.34. The van der Waals surface area contributed by atoms with Crippen LogP contribution >= 0.6 is 0 Å². The monoisotopic (exact) mass is 256 g/mol. The van der Waals surface area contributed by atoms with Gasteiger partial charge in [-0.05, 0) is 37.6 Å². The topological polar surface area (TPSA) is 58.2 Å². The first kappa shape index (κ1) is 14.0. The van der Waals surface area contributed by atoms with Gasteiger partial charge in [-0.3, -0.25) is 0 Å². The lowest BCUT2D eigenvalue weighted by Gasteiger charge is -2.07. The van der Waals surface area contributed by atoms with E-state index in [9.17, 15) is 8.42 Å². The molecule has 0 aromatic heterocycles. The molecule has 0 amide bonds. The normalized spacial score (nSPS) is 11.4. The molecule has 17 heavy (non-hydrogen) atoms. The van der Waals surface area contributed by atoms with Gasteiger partial charge in [0.2, 0.25) is 10.0 Å². The largest absolute Gasteiger partial charge is 0.385 e. The predicted octanol–water partition coefficient (Wildman–Crippen LogP) is 2.20. The quantitative estimate of drug-likeness (QED) is 0.735. The van der Waals surface area contributed by atoms with Crippen LogP contribution < -0.4 is 10.0 Å². The molecule has 0 heterocycles. The fourth-order valence-electron chi connectivity index (χ4n) is 1.42. The first-order valence-corrected chi connectivity index (χ1v) is 7.42. The number of nitrogens with one attached hydrogen (secondary N) is 2. The molecule has 5 heteroatoms. The van der Waals surface area contributed by atoms with Gasteiger partial charge in [0, 0.05) is 18.8 Å². The van der Waals surface area contributed by atoms with Crippen molar-refractivity contribution in [3.05, 3.63) is 24.3 Å². The molecule has 0 saturated carbocycles. The van der Waals surface area contributed by atoms with E-state index in [-0.39, 0.29) is 0 Å². The van der Waals surface area contributed by atoms with E-state index in [4.69, 9.17) is 0 Å². The van der Waals surface area contributed by atoms with Crippen LogP contribution in [0.2, 0.25) is 0 Å². The van der Waals surface area contributed by atoms with E-state index in [2.05, 4.69) is 10.0 Å². The van der Waals surface area contributed by atoms with Crippen LogP contribution in [0.3, 0.4) is 0 Å². The lowest BCUT2D eigenvalue weighted by Crippen LogP contribution is -2.24. The first-order valence-electron chi connectivity index (χ1n) is 5.93. The summed E-state index contributed by atoms with van der Waals surface area (Å²) in [5.74, 6) is 0. The number of benzene rings is 1. The summed E-state index contributed by atoms with van der Waals surface area (Å²) in [7, 11) is -3.34. The van der Waals surface area contributed by atoms with E-state index in [1.54, 1.807) is 24.3 Å². The number of rotatable bonds is 7. The molecule has 0 bridgehead atoms. The van der Waals surface area contributed by atoms with Crippen molar-refractivity contribution in [2.75, 3.05) is 18.4 Å². The molecule has 0 fully saturated rings. The summed E-state index contributed by atoms with van der Waals surface area (Å²) < 4.78 is 26.3. The van der Waals surface area contributed by atoms with Crippen molar-refractivity contribution < 1.29 is 8.42 Å². The van der Waals surface area contributed by atoms with Crippen LogP contribution in [0.5, 0.6) is 0 Å². The van der Waals surface area contributed by atoms with Gasteiger partial charge in [0.25, 0.3) is 0 Å². The first-order chi connectivity index (χ1) is 8.10. The highest BCUT2D eigenvalue weighted by Gasteiger charge is 2.12. The molecular weight excluding hydrogens is 236 g/mol. The maximum absolute atomic E-state index is 11.8. The Bertz CT molecular complexity index is 426. The average Bonchev–Trinajstić information content (AvgIpc) is 2.30. The van der Waals surface area contributed by atoms with E-state index < -0.39 is 10.0 Å². The van der Waals surface area contributed by atoms with Gasteiger partial charge in [-0.15, -0.1) is 0 Å². The Balaban J connectivity index is 2.71. The molecule has 1 rings (SSSR count). The highest BCUT2D eigenvalue weighted by Crippen LogP contribution is 2.13.